The van der Waals surface area contributed by atoms with Crippen molar-refractivity contribution in [1.29, 1.82) is 0 Å². The van der Waals surface area contributed by atoms with E-state index in [4.69, 9.17) is 0 Å². The maximum atomic E-state index is 12.7. The molecule has 0 radical (unpaired) electrons. The molecule has 0 spiro atoms. The topological polar surface area (TPSA) is 12.0 Å². The van der Waals surface area contributed by atoms with Gasteiger partial charge in [-0.15, -0.1) is 0 Å². The summed E-state index contributed by atoms with van der Waals surface area (Å²) in [5.74, 6) is -2.88. The summed E-state index contributed by atoms with van der Waals surface area (Å²) in [4.78, 5) is 0. The van der Waals surface area contributed by atoms with Crippen molar-refractivity contribution < 1.29 is 8.78 Å². The van der Waals surface area contributed by atoms with Crippen LogP contribution in [-0.2, 0) is 0 Å². The van der Waals surface area contributed by atoms with E-state index < -0.39 is 5.92 Å². The standard InChI is InChI=1S/C7H11F2N/c8-7(9)5-1-3-10-4-2-6(5)7/h5-6,10H,1-4H2. The molecule has 2 atom stereocenters. The monoisotopic (exact) mass is 147 g/mol. The zero-order valence-electron chi connectivity index (χ0n) is 5.74. The van der Waals surface area contributed by atoms with Gasteiger partial charge in [0.1, 0.15) is 0 Å². The van der Waals surface area contributed by atoms with Gasteiger partial charge in [0.2, 0.25) is 0 Å². The van der Waals surface area contributed by atoms with Crippen LogP contribution in [0.15, 0.2) is 0 Å². The molecule has 10 heavy (non-hydrogen) atoms. The van der Waals surface area contributed by atoms with Crippen LogP contribution in [0.5, 0.6) is 0 Å². The van der Waals surface area contributed by atoms with Gasteiger partial charge in [0, 0.05) is 11.8 Å². The fraction of sp³-hybridized carbons (Fsp3) is 1.00. The number of fused-ring (bicyclic) bond motifs is 1. The highest BCUT2D eigenvalue weighted by Crippen LogP contribution is 2.58. The van der Waals surface area contributed by atoms with Gasteiger partial charge in [0.15, 0.2) is 0 Å². The molecule has 0 amide bonds. The first-order valence-corrected chi connectivity index (χ1v) is 3.81. The Bertz CT molecular complexity index is 133. The average Bonchev–Trinajstić information content (AvgIpc) is 2.47. The van der Waals surface area contributed by atoms with Gasteiger partial charge in [-0.1, -0.05) is 0 Å². The van der Waals surface area contributed by atoms with Crippen LogP contribution in [0.4, 0.5) is 8.78 Å². The van der Waals surface area contributed by atoms with Gasteiger partial charge in [-0.2, -0.15) is 0 Å². The van der Waals surface area contributed by atoms with Crippen LogP contribution < -0.4 is 5.32 Å². The van der Waals surface area contributed by atoms with E-state index in [0.29, 0.717) is 12.8 Å². The van der Waals surface area contributed by atoms with E-state index in [9.17, 15) is 8.78 Å². The van der Waals surface area contributed by atoms with Crippen LogP contribution in [0.3, 0.4) is 0 Å². The normalized spacial score (nSPS) is 43.8. The molecular formula is C7H11F2N. The lowest BCUT2D eigenvalue weighted by molar-refractivity contribution is 0.0793. The van der Waals surface area contributed by atoms with Crippen LogP contribution in [0.2, 0.25) is 0 Å². The van der Waals surface area contributed by atoms with Gasteiger partial charge >= 0.3 is 0 Å². The number of nitrogens with one attached hydrogen (secondary N) is 1. The van der Waals surface area contributed by atoms with Crippen molar-refractivity contribution in [2.75, 3.05) is 13.1 Å². The van der Waals surface area contributed by atoms with Crippen molar-refractivity contribution in [2.24, 2.45) is 11.8 Å². The molecule has 2 rings (SSSR count). The van der Waals surface area contributed by atoms with Crippen LogP contribution in [0.1, 0.15) is 12.8 Å². The number of hydrogen-bond acceptors (Lipinski definition) is 1. The zero-order valence-corrected chi connectivity index (χ0v) is 5.74. The number of hydrogen-bond donors (Lipinski definition) is 1. The highest BCUT2D eigenvalue weighted by atomic mass is 19.3. The molecule has 2 aliphatic rings. The first-order chi connectivity index (χ1) is 4.73. The fourth-order valence-electron chi connectivity index (χ4n) is 1.89. The lowest BCUT2D eigenvalue weighted by Crippen LogP contribution is -2.17. The van der Waals surface area contributed by atoms with E-state index >= 15 is 0 Å². The summed E-state index contributed by atoms with van der Waals surface area (Å²) in [6, 6.07) is 0. The van der Waals surface area contributed by atoms with Gasteiger partial charge in [-0.3, -0.25) is 0 Å². The van der Waals surface area contributed by atoms with Gasteiger partial charge in [-0.05, 0) is 25.9 Å². The minimum Gasteiger partial charge on any atom is -0.317 e. The molecule has 1 aliphatic heterocycles. The molecule has 0 aromatic heterocycles. The first kappa shape index (κ1) is 6.53. The molecule has 1 nitrogen and oxygen atoms in total. The van der Waals surface area contributed by atoms with E-state index in [0.717, 1.165) is 13.1 Å². The minimum absolute atomic E-state index is 0.289. The van der Waals surface area contributed by atoms with Crippen LogP contribution in [-0.4, -0.2) is 19.0 Å². The van der Waals surface area contributed by atoms with Crippen molar-refractivity contribution in [3.8, 4) is 0 Å². The summed E-state index contributed by atoms with van der Waals surface area (Å²) in [7, 11) is 0. The molecule has 2 fully saturated rings. The third-order valence-electron chi connectivity index (χ3n) is 2.63. The average molecular weight is 147 g/mol. The van der Waals surface area contributed by atoms with E-state index in [1.54, 1.807) is 0 Å². The lowest BCUT2D eigenvalue weighted by Gasteiger charge is -2.01. The summed E-state index contributed by atoms with van der Waals surface area (Å²) in [6.45, 7) is 1.55. The summed E-state index contributed by atoms with van der Waals surface area (Å²) in [5.41, 5.74) is 0. The molecule has 1 aliphatic carbocycles. The van der Waals surface area contributed by atoms with Gasteiger partial charge in [0.05, 0.1) is 0 Å². The Balaban J connectivity index is 2.01. The van der Waals surface area contributed by atoms with Gasteiger partial charge in [-0.25, -0.2) is 8.78 Å². The number of rotatable bonds is 0. The smallest absolute Gasteiger partial charge is 0.254 e. The highest BCUT2D eigenvalue weighted by molar-refractivity contribution is 5.06. The number of halogens is 2. The maximum absolute atomic E-state index is 12.7. The first-order valence-electron chi connectivity index (χ1n) is 3.81. The maximum Gasteiger partial charge on any atom is 0.254 e. The molecule has 0 bridgehead atoms. The highest BCUT2D eigenvalue weighted by Gasteiger charge is 2.66. The van der Waals surface area contributed by atoms with E-state index in [-0.39, 0.29) is 11.8 Å². The Hall–Kier alpha value is -0.180. The quantitative estimate of drug-likeness (QED) is 0.543. The molecule has 1 saturated heterocycles. The van der Waals surface area contributed by atoms with Crippen molar-refractivity contribution >= 4 is 0 Å². The second kappa shape index (κ2) is 1.91. The molecule has 0 aromatic carbocycles. The lowest BCUT2D eigenvalue weighted by atomic mass is 10.2. The third kappa shape index (κ3) is 0.764. The molecule has 58 valence electrons. The van der Waals surface area contributed by atoms with Crippen LogP contribution in [0, 0.1) is 11.8 Å². The number of alkyl halides is 2. The second-order valence-electron chi connectivity index (χ2n) is 3.21. The molecule has 0 aromatic rings. The fourth-order valence-corrected chi connectivity index (χ4v) is 1.89. The third-order valence-corrected chi connectivity index (χ3v) is 2.63. The molecule has 1 saturated carbocycles. The van der Waals surface area contributed by atoms with Gasteiger partial charge < -0.3 is 5.32 Å². The van der Waals surface area contributed by atoms with Crippen molar-refractivity contribution in [3.05, 3.63) is 0 Å². The molecule has 3 heteroatoms. The van der Waals surface area contributed by atoms with E-state index in [1.165, 1.54) is 0 Å². The summed E-state index contributed by atoms with van der Waals surface area (Å²) in [5, 5.41) is 3.11. The summed E-state index contributed by atoms with van der Waals surface area (Å²) >= 11 is 0. The largest absolute Gasteiger partial charge is 0.317 e. The van der Waals surface area contributed by atoms with Crippen molar-refractivity contribution in [2.45, 2.75) is 18.8 Å². The Morgan fingerprint density at radius 3 is 2.10 bits per heavy atom. The van der Waals surface area contributed by atoms with Crippen molar-refractivity contribution in [1.82, 2.24) is 5.32 Å². The predicted molar refractivity (Wildman–Crippen MR) is 34.0 cm³/mol. The molecular weight excluding hydrogens is 136 g/mol. The summed E-state index contributed by atoms with van der Waals surface area (Å²) < 4.78 is 25.3. The van der Waals surface area contributed by atoms with E-state index in [2.05, 4.69) is 5.32 Å². The Morgan fingerprint density at radius 1 is 1.10 bits per heavy atom. The van der Waals surface area contributed by atoms with E-state index in [1.807, 2.05) is 0 Å². The Labute approximate surface area is 58.8 Å². The zero-order chi connectivity index (χ0) is 7.19. The molecule has 1 heterocycles. The molecule has 1 N–H and O–H groups in total. The van der Waals surface area contributed by atoms with Gasteiger partial charge in [0.25, 0.3) is 5.92 Å². The van der Waals surface area contributed by atoms with Crippen LogP contribution in [0.25, 0.3) is 0 Å². The molecule has 2 unspecified atom stereocenters. The minimum atomic E-state index is -2.30. The SMILES string of the molecule is FC1(F)C2CCNCCC21. The predicted octanol–water partition coefficient (Wildman–Crippen LogP) is 1.25. The summed E-state index contributed by atoms with van der Waals surface area (Å²) in [6.07, 6.45) is 1.33. The van der Waals surface area contributed by atoms with Crippen LogP contribution >= 0.6 is 0 Å². The van der Waals surface area contributed by atoms with Crippen molar-refractivity contribution in [3.63, 3.8) is 0 Å². The Morgan fingerprint density at radius 2 is 1.60 bits per heavy atom. The second-order valence-corrected chi connectivity index (χ2v) is 3.21. The Kier molecular flexibility index (Phi) is 1.24.